The van der Waals surface area contributed by atoms with Crippen LogP contribution in [0, 0.1) is 5.41 Å². The molecule has 0 saturated carbocycles. The van der Waals surface area contributed by atoms with Crippen LogP contribution in [0.2, 0.25) is 0 Å². The lowest BCUT2D eigenvalue weighted by Crippen LogP contribution is -2.18. The third-order valence-corrected chi connectivity index (χ3v) is 3.90. The molecule has 0 unspecified atom stereocenters. The van der Waals surface area contributed by atoms with Crippen LogP contribution in [0.25, 0.3) is 5.57 Å². The Morgan fingerprint density at radius 3 is 2.68 bits per heavy atom. The molecule has 0 bridgehead atoms. The van der Waals surface area contributed by atoms with Crippen molar-refractivity contribution in [2.75, 3.05) is 6.54 Å². The van der Waals surface area contributed by atoms with Crippen LogP contribution in [-0.4, -0.2) is 23.0 Å². The van der Waals surface area contributed by atoms with Crippen molar-refractivity contribution in [1.29, 1.82) is 0 Å². The van der Waals surface area contributed by atoms with E-state index in [2.05, 4.69) is 19.2 Å². The maximum atomic E-state index is 11.9. The van der Waals surface area contributed by atoms with Crippen molar-refractivity contribution in [2.24, 2.45) is 5.41 Å². The molecular weight excluding hydrogens is 242 g/mol. The number of carbonyl (C=O) groups excluding carboxylic acids is 1. The third kappa shape index (κ3) is 2.02. The Morgan fingerprint density at radius 1 is 1.32 bits per heavy atom. The molecule has 4 N–H and O–H groups in total. The van der Waals surface area contributed by atoms with Gasteiger partial charge < -0.3 is 15.9 Å². The second kappa shape index (κ2) is 4.38. The highest BCUT2D eigenvalue weighted by Crippen LogP contribution is 2.49. The van der Waals surface area contributed by atoms with E-state index >= 15 is 0 Å². The van der Waals surface area contributed by atoms with Gasteiger partial charge in [-0.2, -0.15) is 0 Å². The summed E-state index contributed by atoms with van der Waals surface area (Å²) in [5, 5.41) is 12.5. The Balaban J connectivity index is 0.00000133. The molecule has 2 aliphatic rings. The summed E-state index contributed by atoms with van der Waals surface area (Å²) in [6.45, 7) is 5.07. The topological polar surface area (TPSA) is 80.8 Å². The maximum absolute atomic E-state index is 11.9. The van der Waals surface area contributed by atoms with Crippen LogP contribution in [0.5, 0.6) is 5.75 Å². The predicted molar refractivity (Wildman–Crippen MR) is 73.8 cm³/mol. The first-order valence-electron chi connectivity index (χ1n) is 6.33. The minimum Gasteiger partial charge on any atom is -0.508 e. The second-order valence-corrected chi connectivity index (χ2v) is 5.76. The SMILES string of the molecule is CC1(C)Cc2cc(O)ccc2/C1=C1\CCNC1=O.O. The van der Waals surface area contributed by atoms with Crippen molar-refractivity contribution >= 4 is 11.5 Å². The molecule has 19 heavy (non-hydrogen) atoms. The monoisotopic (exact) mass is 261 g/mol. The van der Waals surface area contributed by atoms with Crippen molar-refractivity contribution in [3.05, 3.63) is 34.9 Å². The van der Waals surface area contributed by atoms with Gasteiger partial charge in [-0.05, 0) is 47.1 Å². The van der Waals surface area contributed by atoms with E-state index in [4.69, 9.17) is 0 Å². The molecule has 1 aliphatic carbocycles. The van der Waals surface area contributed by atoms with Gasteiger partial charge in [-0.25, -0.2) is 0 Å². The van der Waals surface area contributed by atoms with E-state index in [0.29, 0.717) is 5.75 Å². The lowest BCUT2D eigenvalue weighted by molar-refractivity contribution is -0.116. The van der Waals surface area contributed by atoms with E-state index < -0.39 is 0 Å². The highest BCUT2D eigenvalue weighted by atomic mass is 16.3. The van der Waals surface area contributed by atoms with Gasteiger partial charge in [-0.3, -0.25) is 4.79 Å². The molecule has 0 atom stereocenters. The van der Waals surface area contributed by atoms with Gasteiger partial charge in [0.1, 0.15) is 5.75 Å². The minimum absolute atomic E-state index is 0. The first-order chi connectivity index (χ1) is 8.49. The lowest BCUT2D eigenvalue weighted by Gasteiger charge is -2.21. The molecule has 3 rings (SSSR count). The number of carbonyl (C=O) groups is 1. The summed E-state index contributed by atoms with van der Waals surface area (Å²) < 4.78 is 0. The fourth-order valence-corrected chi connectivity index (χ4v) is 3.23. The number of phenols is 1. The Kier molecular flexibility index (Phi) is 3.14. The fourth-order valence-electron chi connectivity index (χ4n) is 3.23. The first kappa shape index (κ1) is 13.6. The molecule has 102 valence electrons. The number of aromatic hydroxyl groups is 1. The summed E-state index contributed by atoms with van der Waals surface area (Å²) in [6, 6.07) is 5.46. The number of nitrogens with one attached hydrogen (secondary N) is 1. The Bertz CT molecular complexity index is 573. The quantitative estimate of drug-likeness (QED) is 0.693. The van der Waals surface area contributed by atoms with E-state index in [1.807, 2.05) is 12.1 Å². The third-order valence-electron chi connectivity index (χ3n) is 3.90. The smallest absolute Gasteiger partial charge is 0.247 e. The fraction of sp³-hybridized carbons (Fsp3) is 0.400. The molecule has 1 fully saturated rings. The van der Waals surface area contributed by atoms with Gasteiger partial charge in [0, 0.05) is 12.1 Å². The first-order valence-corrected chi connectivity index (χ1v) is 6.33. The van der Waals surface area contributed by atoms with E-state index in [-0.39, 0.29) is 16.8 Å². The van der Waals surface area contributed by atoms with Crippen molar-refractivity contribution in [3.63, 3.8) is 0 Å². The minimum atomic E-state index is -0.0346. The zero-order valence-corrected chi connectivity index (χ0v) is 11.2. The lowest BCUT2D eigenvalue weighted by atomic mass is 9.82. The average Bonchev–Trinajstić information content (AvgIpc) is 2.77. The van der Waals surface area contributed by atoms with Gasteiger partial charge in [-0.1, -0.05) is 19.9 Å². The number of amides is 1. The summed E-state index contributed by atoms with van der Waals surface area (Å²) >= 11 is 0. The molecule has 1 aromatic carbocycles. The highest BCUT2D eigenvalue weighted by Gasteiger charge is 2.38. The average molecular weight is 261 g/mol. The predicted octanol–water partition coefficient (Wildman–Crippen LogP) is 1.42. The number of hydrogen-bond donors (Lipinski definition) is 2. The number of fused-ring (bicyclic) bond motifs is 1. The molecule has 4 heteroatoms. The van der Waals surface area contributed by atoms with E-state index in [0.717, 1.165) is 41.7 Å². The summed E-state index contributed by atoms with van der Waals surface area (Å²) in [5.41, 5.74) is 4.32. The van der Waals surface area contributed by atoms with Crippen LogP contribution in [0.15, 0.2) is 23.8 Å². The van der Waals surface area contributed by atoms with Crippen molar-refractivity contribution in [1.82, 2.24) is 5.32 Å². The van der Waals surface area contributed by atoms with Gasteiger partial charge in [-0.15, -0.1) is 0 Å². The summed E-state index contributed by atoms with van der Waals surface area (Å²) in [4.78, 5) is 11.9. The molecule has 1 amide bonds. The van der Waals surface area contributed by atoms with Crippen LogP contribution in [0.1, 0.15) is 31.4 Å². The molecule has 0 aromatic heterocycles. The number of rotatable bonds is 0. The maximum Gasteiger partial charge on any atom is 0.247 e. The van der Waals surface area contributed by atoms with E-state index in [1.165, 1.54) is 0 Å². The molecule has 1 aromatic rings. The van der Waals surface area contributed by atoms with Gasteiger partial charge in [0.05, 0.1) is 0 Å². The Hall–Kier alpha value is -1.81. The van der Waals surface area contributed by atoms with Gasteiger partial charge >= 0.3 is 0 Å². The van der Waals surface area contributed by atoms with Crippen LogP contribution < -0.4 is 5.32 Å². The molecule has 1 aliphatic heterocycles. The summed E-state index contributed by atoms with van der Waals surface area (Å²) in [5.74, 6) is 0.366. The van der Waals surface area contributed by atoms with Gasteiger partial charge in [0.25, 0.3) is 0 Å². The van der Waals surface area contributed by atoms with Crippen LogP contribution >= 0.6 is 0 Å². The molecule has 1 saturated heterocycles. The van der Waals surface area contributed by atoms with Crippen LogP contribution in [0.4, 0.5) is 0 Å². The Labute approximate surface area is 112 Å². The number of allylic oxidation sites excluding steroid dienone is 1. The number of hydrogen-bond acceptors (Lipinski definition) is 2. The highest BCUT2D eigenvalue weighted by molar-refractivity contribution is 6.04. The van der Waals surface area contributed by atoms with Gasteiger partial charge in [0.15, 0.2) is 0 Å². The van der Waals surface area contributed by atoms with E-state index in [1.54, 1.807) is 6.07 Å². The zero-order chi connectivity index (χ0) is 12.9. The van der Waals surface area contributed by atoms with E-state index in [9.17, 15) is 9.90 Å². The summed E-state index contributed by atoms with van der Waals surface area (Å²) in [7, 11) is 0. The molecular formula is C15H19NO3. The number of phenolic OH excluding ortho intramolecular Hbond substituents is 1. The second-order valence-electron chi connectivity index (χ2n) is 5.76. The normalized spacial score (nSPS) is 23.8. The standard InChI is InChI=1S/C15H17NO2.H2O/c1-15(2)8-9-7-10(17)3-4-11(9)13(15)12-5-6-16-14(12)18;/h3-4,7,17H,5-6,8H2,1-2H3,(H,16,18);1H2/b13-12-;. The Morgan fingerprint density at radius 2 is 2.05 bits per heavy atom. The largest absolute Gasteiger partial charge is 0.508 e. The summed E-state index contributed by atoms with van der Waals surface area (Å²) in [6.07, 6.45) is 1.68. The molecule has 0 radical (unpaired) electrons. The molecule has 0 spiro atoms. The number of benzene rings is 1. The zero-order valence-electron chi connectivity index (χ0n) is 11.2. The van der Waals surface area contributed by atoms with Crippen LogP contribution in [0.3, 0.4) is 0 Å². The van der Waals surface area contributed by atoms with Crippen molar-refractivity contribution in [2.45, 2.75) is 26.7 Å². The van der Waals surface area contributed by atoms with Crippen molar-refractivity contribution < 1.29 is 15.4 Å². The van der Waals surface area contributed by atoms with Crippen molar-refractivity contribution in [3.8, 4) is 5.75 Å². The molecule has 1 heterocycles. The molecule has 4 nitrogen and oxygen atoms in total. The van der Waals surface area contributed by atoms with Crippen LogP contribution in [-0.2, 0) is 11.2 Å². The van der Waals surface area contributed by atoms with Gasteiger partial charge in [0.2, 0.25) is 5.91 Å².